The molecule has 2 rings (SSSR count). The Balaban J connectivity index is 1.72. The summed E-state index contributed by atoms with van der Waals surface area (Å²) >= 11 is 0.932. The Morgan fingerprint density at radius 2 is 2.00 bits per heavy atom. The highest BCUT2D eigenvalue weighted by molar-refractivity contribution is 7.91. The van der Waals surface area contributed by atoms with Gasteiger partial charge in [0, 0.05) is 25.0 Å². The first kappa shape index (κ1) is 19.4. The summed E-state index contributed by atoms with van der Waals surface area (Å²) in [6, 6.07) is 1.20. The summed E-state index contributed by atoms with van der Waals surface area (Å²) in [6.07, 6.45) is 3.01. The monoisotopic (exact) mass is 374 g/mol. The topological polar surface area (TPSA) is 86.7 Å². The quantitative estimate of drug-likeness (QED) is 0.683. The van der Waals surface area contributed by atoms with E-state index < -0.39 is 16.0 Å². The number of thiophene rings is 1. The van der Waals surface area contributed by atoms with Crippen LogP contribution in [-0.4, -0.2) is 50.6 Å². The number of piperidine rings is 1. The van der Waals surface area contributed by atoms with E-state index in [1.807, 2.05) is 0 Å². The lowest BCUT2D eigenvalue weighted by molar-refractivity contribution is 0.0697. The van der Waals surface area contributed by atoms with Crippen LogP contribution in [0.25, 0.3) is 0 Å². The van der Waals surface area contributed by atoms with Gasteiger partial charge in [0.1, 0.15) is 4.21 Å². The van der Waals surface area contributed by atoms with Crippen LogP contribution in [0, 0.1) is 11.8 Å². The van der Waals surface area contributed by atoms with Gasteiger partial charge in [-0.05, 0) is 43.7 Å². The predicted octanol–water partition coefficient (Wildman–Crippen LogP) is 2.48. The molecule has 1 fully saturated rings. The standard InChI is InChI=1S/C16H26N2O4S2/c1-12-7-13(2)10-18(9-12)6-4-3-5-17-24(21,22)15-8-14(11-23-15)16(19)20/h8,11-13,17H,3-7,9-10H2,1-2H3,(H,19,20). The molecule has 0 amide bonds. The normalized spacial score (nSPS) is 22.6. The number of unbranched alkanes of at least 4 members (excludes halogenated alkanes) is 1. The van der Waals surface area contributed by atoms with Gasteiger partial charge in [-0.15, -0.1) is 11.3 Å². The number of carbonyl (C=O) groups is 1. The summed E-state index contributed by atoms with van der Waals surface area (Å²) in [7, 11) is -3.60. The second kappa shape index (κ2) is 8.42. The van der Waals surface area contributed by atoms with Gasteiger partial charge in [-0.2, -0.15) is 0 Å². The number of aromatic carboxylic acids is 1. The van der Waals surface area contributed by atoms with Gasteiger partial charge in [-0.1, -0.05) is 13.8 Å². The largest absolute Gasteiger partial charge is 0.478 e. The lowest BCUT2D eigenvalue weighted by Crippen LogP contribution is -2.39. The van der Waals surface area contributed by atoms with Crippen molar-refractivity contribution in [3.05, 3.63) is 17.0 Å². The van der Waals surface area contributed by atoms with Crippen molar-refractivity contribution < 1.29 is 18.3 Å². The zero-order valence-electron chi connectivity index (χ0n) is 14.2. The van der Waals surface area contributed by atoms with E-state index in [-0.39, 0.29) is 9.77 Å². The van der Waals surface area contributed by atoms with Crippen LogP contribution in [0.5, 0.6) is 0 Å². The Kier molecular flexibility index (Phi) is 6.79. The van der Waals surface area contributed by atoms with Crippen molar-refractivity contribution in [3.8, 4) is 0 Å². The van der Waals surface area contributed by atoms with E-state index in [0.29, 0.717) is 6.54 Å². The van der Waals surface area contributed by atoms with Crippen molar-refractivity contribution in [2.24, 2.45) is 11.8 Å². The minimum atomic E-state index is -3.60. The number of hydrogen-bond donors (Lipinski definition) is 2. The Labute approximate surface area is 147 Å². The van der Waals surface area contributed by atoms with Crippen molar-refractivity contribution in [2.75, 3.05) is 26.2 Å². The number of carboxylic acids is 1. The molecule has 1 aromatic rings. The van der Waals surface area contributed by atoms with Crippen molar-refractivity contribution in [2.45, 2.75) is 37.3 Å². The van der Waals surface area contributed by atoms with E-state index in [1.54, 1.807) is 0 Å². The fourth-order valence-corrected chi connectivity index (χ4v) is 5.55. The first-order valence-electron chi connectivity index (χ1n) is 8.32. The van der Waals surface area contributed by atoms with Crippen molar-refractivity contribution >= 4 is 27.3 Å². The van der Waals surface area contributed by atoms with E-state index in [2.05, 4.69) is 23.5 Å². The van der Waals surface area contributed by atoms with Crippen molar-refractivity contribution in [1.82, 2.24) is 9.62 Å². The molecule has 24 heavy (non-hydrogen) atoms. The molecule has 2 N–H and O–H groups in total. The third kappa shape index (κ3) is 5.54. The fraction of sp³-hybridized carbons (Fsp3) is 0.688. The fourth-order valence-electron chi connectivity index (χ4n) is 3.28. The number of hydrogen-bond acceptors (Lipinski definition) is 5. The van der Waals surface area contributed by atoms with Crippen LogP contribution < -0.4 is 4.72 Å². The smallest absolute Gasteiger partial charge is 0.336 e. The van der Waals surface area contributed by atoms with E-state index >= 15 is 0 Å². The van der Waals surface area contributed by atoms with Crippen LogP contribution in [0.1, 0.15) is 43.5 Å². The molecular formula is C16H26N2O4S2. The number of likely N-dealkylation sites (tertiary alicyclic amines) is 1. The van der Waals surface area contributed by atoms with Crippen LogP contribution in [0.3, 0.4) is 0 Å². The van der Waals surface area contributed by atoms with Crippen LogP contribution in [0.2, 0.25) is 0 Å². The second-order valence-electron chi connectivity index (χ2n) is 6.77. The molecule has 0 aliphatic carbocycles. The molecule has 0 radical (unpaired) electrons. The molecule has 1 aliphatic rings. The summed E-state index contributed by atoms with van der Waals surface area (Å²) in [5.74, 6) is 0.349. The summed E-state index contributed by atoms with van der Waals surface area (Å²) in [5.41, 5.74) is 0.00807. The first-order valence-corrected chi connectivity index (χ1v) is 10.7. The lowest BCUT2D eigenvalue weighted by atomic mass is 9.92. The molecule has 2 heterocycles. The van der Waals surface area contributed by atoms with Gasteiger partial charge < -0.3 is 10.0 Å². The van der Waals surface area contributed by atoms with Gasteiger partial charge in [0.2, 0.25) is 10.0 Å². The Morgan fingerprint density at radius 1 is 1.33 bits per heavy atom. The van der Waals surface area contributed by atoms with Gasteiger partial charge in [0.25, 0.3) is 0 Å². The zero-order chi connectivity index (χ0) is 17.7. The molecule has 1 saturated heterocycles. The average molecular weight is 375 g/mol. The lowest BCUT2D eigenvalue weighted by Gasteiger charge is -2.34. The number of sulfonamides is 1. The highest BCUT2D eigenvalue weighted by Crippen LogP contribution is 2.21. The number of carboxylic acid groups (broad SMARTS) is 1. The van der Waals surface area contributed by atoms with Crippen LogP contribution in [0.4, 0.5) is 0 Å². The van der Waals surface area contributed by atoms with Crippen LogP contribution in [-0.2, 0) is 10.0 Å². The highest BCUT2D eigenvalue weighted by Gasteiger charge is 2.21. The molecule has 8 heteroatoms. The van der Waals surface area contributed by atoms with Gasteiger partial charge in [-0.25, -0.2) is 17.9 Å². The molecular weight excluding hydrogens is 348 g/mol. The maximum absolute atomic E-state index is 12.1. The van der Waals surface area contributed by atoms with E-state index in [9.17, 15) is 13.2 Å². The predicted molar refractivity (Wildman–Crippen MR) is 95.1 cm³/mol. The molecule has 0 aromatic carbocycles. The Hall–Kier alpha value is -0.960. The third-order valence-electron chi connectivity index (χ3n) is 4.22. The molecule has 0 spiro atoms. The zero-order valence-corrected chi connectivity index (χ0v) is 15.8. The summed E-state index contributed by atoms with van der Waals surface area (Å²) in [5, 5.41) is 10.2. The first-order chi connectivity index (χ1) is 11.3. The molecule has 6 nitrogen and oxygen atoms in total. The van der Waals surface area contributed by atoms with Gasteiger partial charge in [0.05, 0.1) is 5.56 Å². The second-order valence-corrected chi connectivity index (χ2v) is 9.68. The molecule has 1 aromatic heterocycles. The number of nitrogens with zero attached hydrogens (tertiary/aromatic N) is 1. The highest BCUT2D eigenvalue weighted by atomic mass is 32.2. The molecule has 2 unspecified atom stereocenters. The molecule has 136 valence electrons. The minimum Gasteiger partial charge on any atom is -0.478 e. The van der Waals surface area contributed by atoms with Gasteiger partial charge in [-0.3, -0.25) is 0 Å². The average Bonchev–Trinajstić information content (AvgIpc) is 2.96. The van der Waals surface area contributed by atoms with Gasteiger partial charge >= 0.3 is 5.97 Å². The molecule has 2 atom stereocenters. The Morgan fingerprint density at radius 3 is 2.58 bits per heavy atom. The summed E-state index contributed by atoms with van der Waals surface area (Å²) in [4.78, 5) is 13.3. The van der Waals surface area contributed by atoms with E-state index in [1.165, 1.54) is 17.9 Å². The van der Waals surface area contributed by atoms with Gasteiger partial charge in [0.15, 0.2) is 0 Å². The minimum absolute atomic E-state index is 0.00807. The van der Waals surface area contributed by atoms with E-state index in [0.717, 1.165) is 55.6 Å². The van der Waals surface area contributed by atoms with E-state index in [4.69, 9.17) is 5.11 Å². The summed E-state index contributed by atoms with van der Waals surface area (Å²) in [6.45, 7) is 8.19. The summed E-state index contributed by atoms with van der Waals surface area (Å²) < 4.78 is 26.8. The third-order valence-corrected chi connectivity index (χ3v) is 7.13. The maximum atomic E-state index is 12.1. The van der Waals surface area contributed by atoms with Crippen LogP contribution in [0.15, 0.2) is 15.7 Å². The van der Waals surface area contributed by atoms with Crippen molar-refractivity contribution in [3.63, 3.8) is 0 Å². The molecule has 0 saturated carbocycles. The number of nitrogens with one attached hydrogen (secondary N) is 1. The SMILES string of the molecule is CC1CC(C)CN(CCCCNS(=O)(=O)c2cc(C(=O)O)cs2)C1. The number of rotatable bonds is 8. The maximum Gasteiger partial charge on any atom is 0.336 e. The van der Waals surface area contributed by atoms with Crippen LogP contribution >= 0.6 is 11.3 Å². The molecule has 1 aliphatic heterocycles. The van der Waals surface area contributed by atoms with Crippen molar-refractivity contribution in [1.29, 1.82) is 0 Å². The Bertz CT molecular complexity index is 647. The molecule has 0 bridgehead atoms.